The maximum Gasteiger partial charge on any atom is 0.460 e. The average molecular weight is 746 g/mol. The van der Waals surface area contributed by atoms with Gasteiger partial charge in [-0.1, -0.05) is 26.0 Å². The molecular weight excluding hydrogens is 734 g/mol. The van der Waals surface area contributed by atoms with Crippen LogP contribution in [0.1, 0.15) is 25.3 Å². The molecule has 0 saturated heterocycles. The molecule has 3 nitrogen and oxygen atoms in total. The maximum atomic E-state index is 13.0. The van der Waals surface area contributed by atoms with Gasteiger partial charge in [0.05, 0.1) is 0 Å². The molecule has 0 atom stereocenters. The van der Waals surface area contributed by atoms with E-state index in [9.17, 15) is 83.1 Å². The molecule has 0 saturated carbocycles. The van der Waals surface area contributed by atoms with E-state index in [2.05, 4.69) is 60.7 Å². The van der Waals surface area contributed by atoms with Gasteiger partial charge >= 0.3 is 57.1 Å². The van der Waals surface area contributed by atoms with Gasteiger partial charge < -0.3 is 0 Å². The van der Waals surface area contributed by atoms with Crippen LogP contribution in [-0.2, 0) is 10.1 Å². The van der Waals surface area contributed by atoms with Gasteiger partial charge in [0.15, 0.2) is 0 Å². The summed E-state index contributed by atoms with van der Waals surface area (Å²) in [5.74, 6) is -51.3. The Labute approximate surface area is 220 Å². The van der Waals surface area contributed by atoms with Crippen LogP contribution in [0.5, 0.6) is 0 Å². The topological polar surface area (TPSA) is 54.4 Å². The molecular formula is C17H12F17IO3S. The van der Waals surface area contributed by atoms with Crippen molar-refractivity contribution in [1.29, 1.82) is 0 Å². The summed E-state index contributed by atoms with van der Waals surface area (Å²) < 4.78 is 244. The van der Waals surface area contributed by atoms with Crippen LogP contribution < -0.4 is 0 Å². The van der Waals surface area contributed by atoms with Crippen molar-refractivity contribution >= 4 is 32.7 Å². The first-order chi connectivity index (χ1) is 16.7. The fourth-order valence-corrected chi connectivity index (χ4v) is 2.97. The summed E-state index contributed by atoms with van der Waals surface area (Å²) in [6.45, 7) is 4.42. The molecule has 0 aromatic heterocycles. The molecule has 0 heterocycles. The minimum absolute atomic E-state index is 0.650. The highest BCUT2D eigenvalue weighted by molar-refractivity contribution is 14.1. The van der Waals surface area contributed by atoms with Crippen molar-refractivity contribution in [2.24, 2.45) is 0 Å². The molecule has 1 N–H and O–H groups in total. The average Bonchev–Trinajstić information content (AvgIpc) is 2.72. The predicted molar refractivity (Wildman–Crippen MR) is 105 cm³/mol. The fraction of sp³-hybridized carbons (Fsp3) is 0.647. The molecule has 0 amide bonds. The largest absolute Gasteiger partial charge is 0.460 e. The second-order valence-corrected chi connectivity index (χ2v) is 10.4. The summed E-state index contributed by atoms with van der Waals surface area (Å²) in [4.78, 5) is 0. The predicted octanol–water partition coefficient (Wildman–Crippen LogP) is 8.26. The zero-order valence-electron chi connectivity index (χ0n) is 18.4. The smallest absolute Gasteiger partial charge is 0.281 e. The van der Waals surface area contributed by atoms with Crippen molar-refractivity contribution < 1.29 is 87.6 Å². The summed E-state index contributed by atoms with van der Waals surface area (Å²) in [6.07, 6.45) is -7.88. The van der Waals surface area contributed by atoms with Gasteiger partial charge in [0.25, 0.3) is 0 Å². The highest BCUT2D eigenvalue weighted by Crippen LogP contribution is 2.64. The van der Waals surface area contributed by atoms with E-state index < -0.39 is 57.1 Å². The molecule has 0 bridgehead atoms. The van der Waals surface area contributed by atoms with Crippen molar-refractivity contribution in [2.75, 3.05) is 0 Å². The van der Waals surface area contributed by atoms with Crippen molar-refractivity contribution in [2.45, 2.75) is 66.7 Å². The van der Waals surface area contributed by atoms with Crippen molar-refractivity contribution in [3.05, 3.63) is 33.4 Å². The van der Waals surface area contributed by atoms with Gasteiger partial charge in [-0.15, -0.1) is 0 Å². The molecule has 22 heteroatoms. The number of hydrogen-bond acceptors (Lipinski definition) is 2. The normalized spacial score (nSPS) is 15.2. The Balaban J connectivity index is 0.00000120. The van der Waals surface area contributed by atoms with E-state index in [0.29, 0.717) is 5.92 Å². The van der Waals surface area contributed by atoms with E-state index >= 15 is 0 Å². The second-order valence-electron chi connectivity index (χ2n) is 7.64. The Hall–Kier alpha value is -1.33. The maximum absolute atomic E-state index is 13.0. The van der Waals surface area contributed by atoms with Gasteiger partial charge in [0.1, 0.15) is 0 Å². The summed E-state index contributed by atoms with van der Waals surface area (Å²) in [5, 5.41) is -7.84. The molecule has 0 unspecified atom stereocenters. The lowest BCUT2D eigenvalue weighted by molar-refractivity contribution is -0.458. The van der Waals surface area contributed by atoms with Crippen molar-refractivity contribution in [3.8, 4) is 0 Å². The molecule has 1 aromatic carbocycles. The quantitative estimate of drug-likeness (QED) is 0.166. The van der Waals surface area contributed by atoms with Crippen molar-refractivity contribution in [1.82, 2.24) is 0 Å². The van der Waals surface area contributed by atoms with Crippen LogP contribution in [0.3, 0.4) is 0 Å². The zero-order valence-corrected chi connectivity index (χ0v) is 21.3. The summed E-state index contributed by atoms with van der Waals surface area (Å²) in [6, 6.07) is 8.67. The van der Waals surface area contributed by atoms with E-state index in [1.165, 1.54) is 9.13 Å². The molecule has 0 fully saturated rings. The lowest BCUT2D eigenvalue weighted by Gasteiger charge is -2.42. The van der Waals surface area contributed by atoms with Gasteiger partial charge in [-0.3, -0.25) is 4.55 Å². The highest BCUT2D eigenvalue weighted by Gasteiger charge is 2.96. The number of alkyl halides is 17. The first-order valence-corrected chi connectivity index (χ1v) is 11.7. The first kappa shape index (κ1) is 37.7. The first-order valence-electron chi connectivity index (χ1n) is 9.14. The third-order valence-electron chi connectivity index (χ3n) is 4.55. The minimum atomic E-state index is -8.89. The Morgan fingerprint density at radius 2 is 0.872 bits per heavy atom. The molecule has 1 aromatic rings. The zero-order chi connectivity index (χ0) is 32.1. The number of hydrogen-bond donors (Lipinski definition) is 1. The molecule has 230 valence electrons. The fourth-order valence-electron chi connectivity index (χ4n) is 2.16. The number of rotatable bonds is 8. The monoisotopic (exact) mass is 746 g/mol. The van der Waals surface area contributed by atoms with E-state index in [0.717, 1.165) is 0 Å². The summed E-state index contributed by atoms with van der Waals surface area (Å²) >= 11 is 2.32. The SMILES string of the molecule is CC(C)c1ccc(I)cc1.O=S(=O)(O)C(F)(F)C(F)(F)C(F)(F)C(F)(F)C(F)(F)C(F)(F)C(F)(F)C(F)(F)F. The summed E-state index contributed by atoms with van der Waals surface area (Å²) in [5.41, 5.74) is 1.42. The van der Waals surface area contributed by atoms with Gasteiger partial charge in [-0.05, 0) is 46.2 Å². The van der Waals surface area contributed by atoms with Gasteiger partial charge in [0.2, 0.25) is 0 Å². The van der Waals surface area contributed by atoms with Crippen LogP contribution in [-0.4, -0.2) is 59.9 Å². The number of benzene rings is 1. The minimum Gasteiger partial charge on any atom is -0.281 e. The lowest BCUT2D eigenvalue weighted by Crippen LogP contribution is -2.74. The van der Waals surface area contributed by atoms with E-state index in [4.69, 9.17) is 4.55 Å². The lowest BCUT2D eigenvalue weighted by atomic mass is 9.91. The Kier molecular flexibility index (Phi) is 10.4. The third-order valence-corrected chi connectivity index (χ3v) is 6.18. The Morgan fingerprint density at radius 1 is 0.590 bits per heavy atom. The standard InChI is InChI=1S/C9H11I.C8HF17O3S/c1-7(2)8-3-5-9(10)6-4-8;9-1(10,3(13,14)5(17,18)7(21,22)23)2(11,12)4(15,16)6(19,20)8(24,25)29(26,27)28/h3-7H,1-2H3;(H,26,27,28). The van der Waals surface area contributed by atoms with E-state index in [-0.39, 0.29) is 0 Å². The Bertz CT molecular complexity index is 1100. The summed E-state index contributed by atoms with van der Waals surface area (Å²) in [7, 11) is -7.89. The van der Waals surface area contributed by atoms with E-state index in [1.807, 2.05) is 0 Å². The van der Waals surface area contributed by atoms with Crippen LogP contribution in [0.2, 0.25) is 0 Å². The van der Waals surface area contributed by atoms with Crippen molar-refractivity contribution in [3.63, 3.8) is 0 Å². The van der Waals surface area contributed by atoms with Crippen LogP contribution in [0.4, 0.5) is 74.6 Å². The molecule has 0 radical (unpaired) electrons. The number of halogens is 18. The highest BCUT2D eigenvalue weighted by atomic mass is 127. The third kappa shape index (κ3) is 6.15. The molecule has 1 rings (SSSR count). The molecule has 0 aliphatic heterocycles. The van der Waals surface area contributed by atoms with Gasteiger partial charge in [-0.2, -0.15) is 83.1 Å². The molecule has 0 spiro atoms. The second kappa shape index (κ2) is 10.8. The van der Waals surface area contributed by atoms with Gasteiger partial charge in [0, 0.05) is 3.57 Å². The molecule has 39 heavy (non-hydrogen) atoms. The van der Waals surface area contributed by atoms with Crippen LogP contribution in [0, 0.1) is 3.57 Å². The van der Waals surface area contributed by atoms with Crippen LogP contribution in [0.25, 0.3) is 0 Å². The molecule has 0 aliphatic carbocycles. The van der Waals surface area contributed by atoms with Crippen LogP contribution in [0.15, 0.2) is 24.3 Å². The van der Waals surface area contributed by atoms with E-state index in [1.54, 1.807) is 0 Å². The van der Waals surface area contributed by atoms with Gasteiger partial charge in [-0.25, -0.2) is 0 Å². The Morgan fingerprint density at radius 3 is 1.13 bits per heavy atom. The van der Waals surface area contributed by atoms with Crippen LogP contribution >= 0.6 is 22.6 Å². The molecule has 0 aliphatic rings.